The molecule has 0 bridgehead atoms. The number of hydrogen-bond acceptors (Lipinski definition) is 1. The minimum Gasteiger partial charge on any atom is -0.637 e. The molecule has 0 saturated heterocycles. The van der Waals surface area contributed by atoms with Gasteiger partial charge in [0, 0.05) is 27.4 Å². The SMILES string of the molecule is CCC(Cc1cccc(-n2c3ccc(-c4ccccc4)cc3c3ccc4c(c32)-c2ccccc2C4(C)C)c1)C([N-]C(N)c1cc#ccc1)C1=CC=CCC1. The number of benzene rings is 5. The maximum atomic E-state index is 6.78. The van der Waals surface area contributed by atoms with Crippen LogP contribution in [0.3, 0.4) is 0 Å². The van der Waals surface area contributed by atoms with Gasteiger partial charge in [-0.2, -0.15) is 0 Å². The van der Waals surface area contributed by atoms with Crippen LogP contribution in [0.4, 0.5) is 0 Å². The molecule has 3 nitrogen and oxygen atoms in total. The van der Waals surface area contributed by atoms with Crippen LogP contribution in [0.15, 0.2) is 151 Å². The second-order valence-electron chi connectivity index (χ2n) is 15.5. The fourth-order valence-electron chi connectivity index (χ4n) is 9.17. The monoisotopic (exact) mass is 700 g/mol. The summed E-state index contributed by atoms with van der Waals surface area (Å²) in [5.41, 5.74) is 22.0. The van der Waals surface area contributed by atoms with E-state index in [9.17, 15) is 0 Å². The second kappa shape index (κ2) is 14.0. The van der Waals surface area contributed by atoms with Crippen LogP contribution in [0.25, 0.3) is 55.1 Å². The van der Waals surface area contributed by atoms with E-state index >= 15 is 0 Å². The van der Waals surface area contributed by atoms with Gasteiger partial charge in [-0.15, -0.1) is 6.04 Å². The first-order chi connectivity index (χ1) is 26.4. The van der Waals surface area contributed by atoms with Gasteiger partial charge in [-0.25, -0.2) is 0 Å². The van der Waals surface area contributed by atoms with Crippen LogP contribution < -0.4 is 5.73 Å². The van der Waals surface area contributed by atoms with Gasteiger partial charge in [-0.1, -0.05) is 160 Å². The van der Waals surface area contributed by atoms with E-state index in [2.05, 4.69) is 165 Å². The summed E-state index contributed by atoms with van der Waals surface area (Å²) in [5, 5.41) is 7.89. The van der Waals surface area contributed by atoms with Gasteiger partial charge >= 0.3 is 0 Å². The number of aromatic nitrogens is 1. The van der Waals surface area contributed by atoms with Crippen LogP contribution in [-0.4, -0.2) is 10.6 Å². The van der Waals surface area contributed by atoms with E-state index < -0.39 is 6.17 Å². The van der Waals surface area contributed by atoms with Crippen molar-refractivity contribution in [2.75, 3.05) is 0 Å². The van der Waals surface area contributed by atoms with Gasteiger partial charge in [-0.05, 0) is 101 Å². The minimum atomic E-state index is -0.416. The molecular formula is C51H46N3-. The predicted octanol–water partition coefficient (Wildman–Crippen LogP) is 12.6. The van der Waals surface area contributed by atoms with Crippen molar-refractivity contribution in [1.29, 1.82) is 0 Å². The Morgan fingerprint density at radius 3 is 2.46 bits per heavy atom. The van der Waals surface area contributed by atoms with Gasteiger partial charge in [0.1, 0.15) is 0 Å². The first-order valence-electron chi connectivity index (χ1n) is 19.5. The summed E-state index contributed by atoms with van der Waals surface area (Å²) in [6, 6.07) is 52.6. The highest BCUT2D eigenvalue weighted by Crippen LogP contribution is 2.53. The molecular weight excluding hydrogens is 655 g/mol. The van der Waals surface area contributed by atoms with Crippen LogP contribution in [0.2, 0.25) is 0 Å². The Morgan fingerprint density at radius 2 is 1.67 bits per heavy atom. The molecule has 0 radical (unpaired) electrons. The highest BCUT2D eigenvalue weighted by Gasteiger charge is 2.37. The van der Waals surface area contributed by atoms with E-state index in [-0.39, 0.29) is 11.5 Å². The molecule has 2 aliphatic carbocycles. The molecule has 0 amide bonds. The Labute approximate surface area is 319 Å². The van der Waals surface area contributed by atoms with Crippen LogP contribution in [0, 0.1) is 18.1 Å². The molecule has 54 heavy (non-hydrogen) atoms. The third-order valence-corrected chi connectivity index (χ3v) is 12.0. The van der Waals surface area contributed by atoms with E-state index in [0.717, 1.165) is 31.2 Å². The van der Waals surface area contributed by atoms with Gasteiger partial charge < -0.3 is 15.6 Å². The van der Waals surface area contributed by atoms with Gasteiger partial charge in [0.15, 0.2) is 0 Å². The normalized spacial score (nSPS) is 16.0. The van der Waals surface area contributed by atoms with Crippen molar-refractivity contribution in [3.05, 3.63) is 191 Å². The van der Waals surface area contributed by atoms with Gasteiger partial charge in [0.2, 0.25) is 0 Å². The largest absolute Gasteiger partial charge is 0.637 e. The molecule has 0 saturated carbocycles. The lowest BCUT2D eigenvalue weighted by atomic mass is 9.82. The molecule has 0 fully saturated rings. The smallest absolute Gasteiger partial charge is 0.0622 e. The first kappa shape index (κ1) is 34.1. The van der Waals surface area contributed by atoms with E-state index in [0.29, 0.717) is 5.92 Å². The molecule has 3 atom stereocenters. The number of rotatable bonds is 10. The van der Waals surface area contributed by atoms with Crippen molar-refractivity contribution < 1.29 is 0 Å². The zero-order valence-corrected chi connectivity index (χ0v) is 31.4. The van der Waals surface area contributed by atoms with Gasteiger partial charge in [0.25, 0.3) is 0 Å². The second-order valence-corrected chi connectivity index (χ2v) is 15.5. The number of nitrogens with two attached hydrogens (primary N) is 1. The lowest BCUT2D eigenvalue weighted by Gasteiger charge is -2.44. The maximum Gasteiger partial charge on any atom is 0.0622 e. The van der Waals surface area contributed by atoms with Crippen molar-refractivity contribution >= 4 is 21.8 Å². The summed E-state index contributed by atoms with van der Waals surface area (Å²) >= 11 is 0. The Hall–Kier alpha value is -5.66. The molecule has 2 aliphatic rings. The Morgan fingerprint density at radius 1 is 0.815 bits per heavy atom. The average molecular weight is 701 g/mol. The maximum absolute atomic E-state index is 6.78. The molecule has 0 aliphatic heterocycles. The molecule has 1 aromatic heterocycles. The summed E-state index contributed by atoms with van der Waals surface area (Å²) in [6.45, 7) is 7.04. The molecule has 1 heterocycles. The van der Waals surface area contributed by atoms with Crippen LogP contribution in [0.5, 0.6) is 0 Å². The zero-order chi connectivity index (χ0) is 36.8. The average Bonchev–Trinajstić information content (AvgIpc) is 3.68. The number of nitrogens with zero attached hydrogens (tertiary/aromatic N) is 2. The number of hydrogen-bond donors (Lipinski definition) is 1. The van der Waals surface area contributed by atoms with E-state index in [1.54, 1.807) is 0 Å². The molecule has 2 N–H and O–H groups in total. The fraction of sp³-hybridized carbons (Fsp3) is 0.216. The third-order valence-electron chi connectivity index (χ3n) is 12.0. The number of fused-ring (bicyclic) bond motifs is 7. The summed E-state index contributed by atoms with van der Waals surface area (Å²) in [5.74, 6) is 0.298. The van der Waals surface area contributed by atoms with Crippen LogP contribution in [0.1, 0.15) is 68.5 Å². The zero-order valence-electron chi connectivity index (χ0n) is 31.4. The number of allylic oxidation sites excluding steroid dienone is 3. The van der Waals surface area contributed by atoms with Crippen molar-refractivity contribution in [3.63, 3.8) is 0 Å². The van der Waals surface area contributed by atoms with Gasteiger partial charge in [0.05, 0.1) is 11.0 Å². The molecule has 0 spiro atoms. The summed E-state index contributed by atoms with van der Waals surface area (Å²) in [4.78, 5) is 0. The highest BCUT2D eigenvalue weighted by molar-refractivity contribution is 6.16. The molecule has 266 valence electrons. The lowest BCUT2D eigenvalue weighted by molar-refractivity contribution is 0.448. The van der Waals surface area contributed by atoms with Crippen molar-refractivity contribution in [2.45, 2.75) is 64.1 Å². The molecule has 7 aromatic rings. The van der Waals surface area contributed by atoms with Crippen molar-refractivity contribution in [3.8, 4) is 27.9 Å². The van der Waals surface area contributed by atoms with Gasteiger partial charge in [-0.3, -0.25) is 0 Å². The van der Waals surface area contributed by atoms with Crippen LogP contribution in [-0.2, 0) is 11.8 Å². The fourth-order valence-corrected chi connectivity index (χ4v) is 9.17. The molecule has 9 rings (SSSR count). The van der Waals surface area contributed by atoms with Crippen LogP contribution >= 0.6 is 0 Å². The Balaban J connectivity index is 1.18. The standard InChI is InChI=1S/C51H46N3/c1-4-35(48(37-20-10-6-11-21-37)53-50(52)38-22-12-7-13-23-38)31-34-17-16-24-40(32-34)54-46-30-27-39(36-18-8-5-9-19-36)33-43(46)41-28-29-45-47(49(41)54)42-25-14-15-26-44(42)51(45,2)3/h5-6,8-10,12,14-20,22-30,32-33,35,48,50H,4,11,21,31,52H2,1-3H3/q-1. The third kappa shape index (κ3) is 5.87. The van der Waals surface area contributed by atoms with E-state index in [1.807, 2.05) is 18.2 Å². The molecule has 3 heteroatoms. The molecule has 3 unspecified atom stereocenters. The Bertz CT molecular complexity index is 2540. The van der Waals surface area contributed by atoms with Crippen molar-refractivity contribution in [1.82, 2.24) is 4.57 Å². The Kier molecular flexibility index (Phi) is 8.82. The topological polar surface area (TPSA) is 45.0 Å². The van der Waals surface area contributed by atoms with Crippen molar-refractivity contribution in [2.24, 2.45) is 11.7 Å². The summed E-state index contributed by atoms with van der Waals surface area (Å²) in [6.07, 6.45) is 10.3. The predicted molar refractivity (Wildman–Crippen MR) is 226 cm³/mol. The lowest BCUT2D eigenvalue weighted by Crippen LogP contribution is -2.28. The highest BCUT2D eigenvalue weighted by atomic mass is 15.1. The molecule has 6 aromatic carbocycles. The summed E-state index contributed by atoms with van der Waals surface area (Å²) in [7, 11) is 0. The summed E-state index contributed by atoms with van der Waals surface area (Å²) < 4.78 is 2.54. The minimum absolute atomic E-state index is 0.0226. The van der Waals surface area contributed by atoms with E-state index in [4.69, 9.17) is 11.1 Å². The van der Waals surface area contributed by atoms with E-state index in [1.165, 1.54) is 72.0 Å². The quantitative estimate of drug-likeness (QED) is 0.152. The first-order valence-corrected chi connectivity index (χ1v) is 19.5.